The first kappa shape index (κ1) is 14.7. The Labute approximate surface area is 117 Å². The summed E-state index contributed by atoms with van der Waals surface area (Å²) in [6.45, 7) is 12.9. The van der Waals surface area contributed by atoms with Crippen LogP contribution >= 0.6 is 11.8 Å². The number of hydrogen-bond donors (Lipinski definition) is 1. The first-order valence-corrected chi connectivity index (χ1v) is 8.41. The summed E-state index contributed by atoms with van der Waals surface area (Å²) >= 11 is 2.11. The minimum Gasteiger partial charge on any atom is -0.329 e. The third-order valence-electron chi connectivity index (χ3n) is 5.27. The summed E-state index contributed by atoms with van der Waals surface area (Å²) in [5.74, 6) is 1.25. The van der Waals surface area contributed by atoms with E-state index in [0.29, 0.717) is 10.2 Å². The molecule has 106 valence electrons. The van der Waals surface area contributed by atoms with Gasteiger partial charge in [0, 0.05) is 35.7 Å². The van der Waals surface area contributed by atoms with Crippen LogP contribution in [0.4, 0.5) is 0 Å². The topological polar surface area (TPSA) is 29.3 Å². The number of rotatable bonds is 2. The molecule has 1 aliphatic carbocycles. The normalized spacial score (nSPS) is 36.5. The Morgan fingerprint density at radius 1 is 1.11 bits per heavy atom. The van der Waals surface area contributed by atoms with Crippen molar-refractivity contribution >= 4 is 11.8 Å². The zero-order chi connectivity index (χ0) is 13.4. The first-order chi connectivity index (χ1) is 8.33. The maximum atomic E-state index is 6.28. The fourth-order valence-electron chi connectivity index (χ4n) is 4.03. The van der Waals surface area contributed by atoms with Crippen molar-refractivity contribution in [1.29, 1.82) is 0 Å². The summed E-state index contributed by atoms with van der Waals surface area (Å²) in [5.41, 5.74) is 6.88. The summed E-state index contributed by atoms with van der Waals surface area (Å²) in [6, 6.07) is 0. The second-order valence-corrected chi connectivity index (χ2v) is 9.16. The maximum absolute atomic E-state index is 6.28. The molecular formula is C15H30N2S. The summed E-state index contributed by atoms with van der Waals surface area (Å²) in [7, 11) is 0. The fraction of sp³-hybridized carbons (Fsp3) is 1.00. The lowest BCUT2D eigenvalue weighted by Crippen LogP contribution is -2.67. The van der Waals surface area contributed by atoms with Crippen LogP contribution in [0.5, 0.6) is 0 Å². The van der Waals surface area contributed by atoms with Crippen LogP contribution in [-0.2, 0) is 0 Å². The van der Waals surface area contributed by atoms with Gasteiger partial charge in [0.2, 0.25) is 0 Å². The highest BCUT2D eigenvalue weighted by molar-refractivity contribution is 8.00. The van der Waals surface area contributed by atoms with Crippen LogP contribution in [0, 0.1) is 5.41 Å². The van der Waals surface area contributed by atoms with Gasteiger partial charge in [-0.05, 0) is 32.1 Å². The van der Waals surface area contributed by atoms with Crippen LogP contribution in [0.15, 0.2) is 0 Å². The predicted octanol–water partition coefficient (Wildman–Crippen LogP) is 3.11. The molecule has 1 unspecified atom stereocenters. The Morgan fingerprint density at radius 3 is 2.33 bits per heavy atom. The molecule has 1 heterocycles. The Morgan fingerprint density at radius 2 is 1.78 bits per heavy atom. The molecule has 2 rings (SSSR count). The number of nitrogens with zero attached hydrogens (tertiary/aromatic N) is 1. The van der Waals surface area contributed by atoms with Crippen LogP contribution in [0.25, 0.3) is 0 Å². The Hall–Kier alpha value is 0.270. The molecule has 2 fully saturated rings. The summed E-state index contributed by atoms with van der Waals surface area (Å²) in [5, 5.41) is 0. The molecular weight excluding hydrogens is 240 g/mol. The zero-order valence-corrected chi connectivity index (χ0v) is 13.4. The molecule has 18 heavy (non-hydrogen) atoms. The molecule has 0 aromatic heterocycles. The maximum Gasteiger partial charge on any atom is 0.0383 e. The average molecular weight is 270 g/mol. The molecule has 2 nitrogen and oxygen atoms in total. The molecule has 1 saturated heterocycles. The molecule has 0 bridgehead atoms. The summed E-state index contributed by atoms with van der Waals surface area (Å²) < 4.78 is 0.383. The van der Waals surface area contributed by atoms with E-state index in [1.165, 1.54) is 44.5 Å². The number of hydrogen-bond acceptors (Lipinski definition) is 3. The van der Waals surface area contributed by atoms with Crippen LogP contribution in [0.1, 0.15) is 53.4 Å². The number of nitrogens with two attached hydrogens (primary N) is 1. The van der Waals surface area contributed by atoms with E-state index in [1.54, 1.807) is 0 Å². The van der Waals surface area contributed by atoms with Gasteiger partial charge in [-0.25, -0.2) is 0 Å². The molecule has 0 spiro atoms. The Balaban J connectivity index is 2.25. The Bertz CT molecular complexity index is 301. The van der Waals surface area contributed by atoms with Gasteiger partial charge in [-0.15, -0.1) is 0 Å². The van der Waals surface area contributed by atoms with Gasteiger partial charge in [0.05, 0.1) is 0 Å². The highest BCUT2D eigenvalue weighted by Crippen LogP contribution is 2.49. The van der Waals surface area contributed by atoms with Crippen molar-refractivity contribution in [3.05, 3.63) is 0 Å². The van der Waals surface area contributed by atoms with Gasteiger partial charge in [-0.2, -0.15) is 11.8 Å². The number of thioether (sulfide) groups is 1. The van der Waals surface area contributed by atoms with Crippen LogP contribution in [-0.4, -0.2) is 40.6 Å². The molecule has 1 aliphatic heterocycles. The van der Waals surface area contributed by atoms with Gasteiger partial charge in [0.25, 0.3) is 0 Å². The highest BCUT2D eigenvalue weighted by atomic mass is 32.2. The molecule has 1 atom stereocenters. The highest BCUT2D eigenvalue weighted by Gasteiger charge is 2.51. The minimum atomic E-state index is 0.240. The molecule has 0 amide bonds. The second-order valence-electron chi connectivity index (χ2n) is 7.36. The van der Waals surface area contributed by atoms with Gasteiger partial charge in [-0.3, -0.25) is 4.90 Å². The molecule has 1 saturated carbocycles. The lowest BCUT2D eigenvalue weighted by Gasteiger charge is -2.58. The quantitative estimate of drug-likeness (QED) is 0.836. The smallest absolute Gasteiger partial charge is 0.0383 e. The molecule has 2 N–H and O–H groups in total. The van der Waals surface area contributed by atoms with Gasteiger partial charge in [0.15, 0.2) is 0 Å². The van der Waals surface area contributed by atoms with Crippen molar-refractivity contribution in [2.24, 2.45) is 11.1 Å². The average Bonchev–Trinajstić information content (AvgIpc) is 2.27. The van der Waals surface area contributed by atoms with E-state index in [0.717, 1.165) is 6.54 Å². The summed E-state index contributed by atoms with van der Waals surface area (Å²) in [6.07, 6.45) is 5.34. The third kappa shape index (κ3) is 2.46. The van der Waals surface area contributed by atoms with Crippen LogP contribution < -0.4 is 5.73 Å². The van der Waals surface area contributed by atoms with E-state index in [2.05, 4.69) is 44.4 Å². The van der Waals surface area contributed by atoms with Gasteiger partial charge in [0.1, 0.15) is 0 Å². The van der Waals surface area contributed by atoms with Crippen LogP contribution in [0.2, 0.25) is 0 Å². The van der Waals surface area contributed by atoms with E-state index in [9.17, 15) is 0 Å². The molecule has 0 aromatic rings. The molecule has 0 aromatic carbocycles. The van der Waals surface area contributed by atoms with E-state index < -0.39 is 0 Å². The van der Waals surface area contributed by atoms with Crippen molar-refractivity contribution in [2.75, 3.05) is 25.4 Å². The van der Waals surface area contributed by atoms with Gasteiger partial charge < -0.3 is 5.73 Å². The van der Waals surface area contributed by atoms with E-state index in [4.69, 9.17) is 5.73 Å². The standard InChI is InChI=1S/C15H30N2S/c1-13(2)7-5-6-8-15(13,11-16)17-9-10-18-14(3,4)12-17/h5-12,16H2,1-4H3. The Kier molecular flexibility index (Phi) is 4.07. The van der Waals surface area contributed by atoms with Gasteiger partial charge >= 0.3 is 0 Å². The SMILES string of the molecule is CC1(C)CN(C2(CN)CCCCC2(C)C)CCS1. The van der Waals surface area contributed by atoms with Crippen LogP contribution in [0.3, 0.4) is 0 Å². The molecule has 3 heteroatoms. The third-order valence-corrected chi connectivity index (χ3v) is 6.57. The largest absolute Gasteiger partial charge is 0.329 e. The molecule has 2 aliphatic rings. The van der Waals surface area contributed by atoms with Crippen molar-refractivity contribution < 1.29 is 0 Å². The van der Waals surface area contributed by atoms with E-state index >= 15 is 0 Å². The predicted molar refractivity (Wildman–Crippen MR) is 82.1 cm³/mol. The fourth-order valence-corrected chi connectivity index (χ4v) is 5.14. The monoisotopic (exact) mass is 270 g/mol. The zero-order valence-electron chi connectivity index (χ0n) is 12.6. The molecule has 0 radical (unpaired) electrons. The van der Waals surface area contributed by atoms with E-state index in [1.807, 2.05) is 0 Å². The van der Waals surface area contributed by atoms with Crippen molar-refractivity contribution in [3.63, 3.8) is 0 Å². The van der Waals surface area contributed by atoms with Gasteiger partial charge in [-0.1, -0.05) is 26.7 Å². The van der Waals surface area contributed by atoms with Crippen molar-refractivity contribution in [2.45, 2.75) is 63.7 Å². The van der Waals surface area contributed by atoms with Crippen molar-refractivity contribution in [1.82, 2.24) is 4.90 Å². The lowest BCUT2D eigenvalue weighted by atomic mass is 9.62. The lowest BCUT2D eigenvalue weighted by molar-refractivity contribution is -0.0459. The summed E-state index contributed by atoms with van der Waals surface area (Å²) in [4.78, 5) is 2.74. The minimum absolute atomic E-state index is 0.240. The van der Waals surface area contributed by atoms with E-state index in [-0.39, 0.29) is 5.54 Å². The second kappa shape index (κ2) is 4.99. The van der Waals surface area contributed by atoms with Crippen molar-refractivity contribution in [3.8, 4) is 0 Å². The first-order valence-electron chi connectivity index (χ1n) is 7.42.